The molecule has 4 N–H and O–H groups in total. The summed E-state index contributed by atoms with van der Waals surface area (Å²) in [7, 11) is 0. The van der Waals surface area contributed by atoms with Crippen LogP contribution in [-0.4, -0.2) is 72.5 Å². The van der Waals surface area contributed by atoms with Gasteiger partial charge < -0.3 is 29.9 Å². The van der Waals surface area contributed by atoms with Crippen molar-refractivity contribution in [2.45, 2.75) is 114 Å². The second kappa shape index (κ2) is 8.98. The number of carbonyl (C=O) groups excluding carboxylic acids is 2. The van der Waals surface area contributed by atoms with Gasteiger partial charge in [0, 0.05) is 19.3 Å². The van der Waals surface area contributed by atoms with Crippen LogP contribution in [0.15, 0.2) is 24.5 Å². The first kappa shape index (κ1) is 27.5. The number of pyridine rings is 1. The van der Waals surface area contributed by atoms with Crippen LogP contribution in [-0.2, 0) is 14.3 Å². The van der Waals surface area contributed by atoms with Crippen LogP contribution < -0.4 is 0 Å². The van der Waals surface area contributed by atoms with Gasteiger partial charge in [-0.3, -0.25) is 9.78 Å². The maximum absolute atomic E-state index is 12.9. The number of aliphatic hydroxyl groups excluding tert-OH is 1. The molecule has 1 heterocycles. The van der Waals surface area contributed by atoms with Gasteiger partial charge in [-0.05, 0) is 87.7 Å². The van der Waals surface area contributed by atoms with E-state index < -0.39 is 52.3 Å². The fourth-order valence-electron chi connectivity index (χ4n) is 9.09. The first-order chi connectivity index (χ1) is 17.7. The molecule has 4 fully saturated rings. The van der Waals surface area contributed by atoms with E-state index in [2.05, 4.69) is 11.9 Å². The van der Waals surface area contributed by atoms with E-state index in [0.29, 0.717) is 32.1 Å². The van der Waals surface area contributed by atoms with E-state index in [1.807, 2.05) is 0 Å². The van der Waals surface area contributed by atoms with Crippen molar-refractivity contribution in [3.8, 4) is 0 Å². The van der Waals surface area contributed by atoms with Gasteiger partial charge in [-0.25, -0.2) is 4.79 Å². The molecule has 38 heavy (non-hydrogen) atoms. The maximum atomic E-state index is 12.9. The molecule has 1 aromatic heterocycles. The van der Waals surface area contributed by atoms with Crippen molar-refractivity contribution in [2.24, 2.45) is 22.7 Å². The predicted octanol–water partition coefficient (Wildman–Crippen LogP) is 2.53. The molecule has 0 aromatic carbocycles. The number of rotatable bonds is 4. The van der Waals surface area contributed by atoms with Crippen LogP contribution in [0.5, 0.6) is 0 Å². The van der Waals surface area contributed by atoms with Gasteiger partial charge in [0.2, 0.25) is 0 Å². The molecule has 0 amide bonds. The standard InChI is InChI=1S/C29H41NO8/c1-17(37-24(33)19-6-5-13-30-16-19)27(34)11-12-29(36)26(27,4)23(38-18(2)31)15-22-25(3)9-8-21(32)14-20(25)7-10-28(22,29)35/h5-6,13,16-17,20-23,32,34-36H,7-12,14-15H2,1-4H3/t17-,20-,21-,22+,23+,25-,26+,27+,28-,29+/m0/s1. The Morgan fingerprint density at radius 1 is 1.08 bits per heavy atom. The van der Waals surface area contributed by atoms with Crippen molar-refractivity contribution >= 4 is 11.9 Å². The number of aliphatic hydroxyl groups is 4. The second-order valence-electron chi connectivity index (χ2n) is 12.8. The summed E-state index contributed by atoms with van der Waals surface area (Å²) in [4.78, 5) is 29.2. The van der Waals surface area contributed by atoms with Gasteiger partial charge in [0.15, 0.2) is 0 Å². The fourth-order valence-corrected chi connectivity index (χ4v) is 9.09. The number of hydrogen-bond acceptors (Lipinski definition) is 9. The zero-order valence-corrected chi connectivity index (χ0v) is 22.7. The van der Waals surface area contributed by atoms with Crippen LogP contribution >= 0.6 is 0 Å². The Labute approximate surface area is 223 Å². The summed E-state index contributed by atoms with van der Waals surface area (Å²) >= 11 is 0. The number of nitrogens with zero attached hydrogens (tertiary/aromatic N) is 1. The van der Waals surface area contributed by atoms with Crippen molar-refractivity contribution in [2.75, 3.05) is 0 Å². The summed E-state index contributed by atoms with van der Waals surface area (Å²) < 4.78 is 11.6. The molecule has 0 spiro atoms. The molecular weight excluding hydrogens is 490 g/mol. The zero-order chi connectivity index (χ0) is 27.7. The number of aromatic nitrogens is 1. The van der Waals surface area contributed by atoms with Crippen LogP contribution in [0.25, 0.3) is 0 Å². The molecule has 4 saturated carbocycles. The van der Waals surface area contributed by atoms with Crippen molar-refractivity contribution in [1.29, 1.82) is 0 Å². The molecule has 0 saturated heterocycles. The van der Waals surface area contributed by atoms with Gasteiger partial charge in [-0.2, -0.15) is 0 Å². The van der Waals surface area contributed by atoms with E-state index in [-0.39, 0.29) is 42.3 Å². The Morgan fingerprint density at radius 3 is 2.47 bits per heavy atom. The smallest absolute Gasteiger partial charge is 0.340 e. The second-order valence-corrected chi connectivity index (χ2v) is 12.8. The van der Waals surface area contributed by atoms with Crippen LogP contribution in [0.2, 0.25) is 0 Å². The van der Waals surface area contributed by atoms with Crippen molar-refractivity contribution in [1.82, 2.24) is 4.98 Å². The molecule has 4 aliphatic rings. The highest BCUT2D eigenvalue weighted by Crippen LogP contribution is 2.72. The SMILES string of the molecule is CC(=O)O[C@@H]1C[C@@H]2[C@@]3(C)CC[C@H](O)C[C@@H]3CC[C@@]2(O)[C@@]2(O)CC[C@@](O)([C@H](C)OC(=O)c3cccnc3)[C@@]12C. The highest BCUT2D eigenvalue weighted by Gasteiger charge is 2.82. The first-order valence-electron chi connectivity index (χ1n) is 13.9. The predicted molar refractivity (Wildman–Crippen MR) is 136 cm³/mol. The third-order valence-corrected chi connectivity index (χ3v) is 11.4. The molecule has 9 nitrogen and oxygen atoms in total. The van der Waals surface area contributed by atoms with E-state index in [4.69, 9.17) is 9.47 Å². The molecule has 10 atom stereocenters. The van der Waals surface area contributed by atoms with Crippen molar-refractivity contribution in [3.63, 3.8) is 0 Å². The fraction of sp³-hybridized carbons (Fsp3) is 0.759. The summed E-state index contributed by atoms with van der Waals surface area (Å²) in [5, 5.41) is 47.8. The van der Waals surface area contributed by atoms with Crippen molar-refractivity contribution < 1.29 is 39.5 Å². The molecule has 5 rings (SSSR count). The Balaban J connectivity index is 1.55. The van der Waals surface area contributed by atoms with E-state index in [1.54, 1.807) is 26.0 Å². The average Bonchev–Trinajstić information content (AvgIpc) is 3.10. The van der Waals surface area contributed by atoms with E-state index in [9.17, 15) is 30.0 Å². The lowest BCUT2D eigenvalue weighted by atomic mass is 9.40. The molecule has 210 valence electrons. The Hall–Kier alpha value is -2.07. The quantitative estimate of drug-likeness (QED) is 0.430. The summed E-state index contributed by atoms with van der Waals surface area (Å²) in [5.74, 6) is -1.44. The minimum Gasteiger partial charge on any atom is -0.462 e. The third-order valence-electron chi connectivity index (χ3n) is 11.4. The molecule has 9 heteroatoms. The summed E-state index contributed by atoms with van der Waals surface area (Å²) in [6, 6.07) is 3.18. The number of esters is 2. The highest BCUT2D eigenvalue weighted by molar-refractivity contribution is 5.89. The Kier molecular flexibility index (Phi) is 6.50. The number of fused-ring (bicyclic) bond motifs is 5. The number of ether oxygens (including phenoxy) is 2. The Bertz CT molecular complexity index is 1100. The van der Waals surface area contributed by atoms with Gasteiger partial charge in [-0.1, -0.05) is 13.8 Å². The zero-order valence-electron chi connectivity index (χ0n) is 22.7. The average molecular weight is 532 g/mol. The molecule has 4 aliphatic carbocycles. The normalized spacial score (nSPS) is 46.7. The summed E-state index contributed by atoms with van der Waals surface area (Å²) in [5.41, 5.74) is -6.82. The lowest BCUT2D eigenvalue weighted by Crippen LogP contribution is -2.79. The molecule has 0 radical (unpaired) electrons. The maximum Gasteiger partial charge on any atom is 0.340 e. The first-order valence-corrected chi connectivity index (χ1v) is 13.9. The molecule has 0 bridgehead atoms. The van der Waals surface area contributed by atoms with Crippen LogP contribution in [0, 0.1) is 22.7 Å². The van der Waals surface area contributed by atoms with Gasteiger partial charge in [0.1, 0.15) is 23.4 Å². The minimum absolute atomic E-state index is 0.0487. The highest BCUT2D eigenvalue weighted by atomic mass is 16.6. The van der Waals surface area contributed by atoms with E-state index in [1.165, 1.54) is 19.3 Å². The molecule has 0 unspecified atom stereocenters. The van der Waals surface area contributed by atoms with Crippen molar-refractivity contribution in [3.05, 3.63) is 30.1 Å². The summed E-state index contributed by atoms with van der Waals surface area (Å²) in [6.45, 7) is 6.66. The van der Waals surface area contributed by atoms with E-state index >= 15 is 0 Å². The lowest BCUT2D eigenvalue weighted by Gasteiger charge is -2.69. The van der Waals surface area contributed by atoms with E-state index in [0.717, 1.165) is 0 Å². The van der Waals surface area contributed by atoms with Gasteiger partial charge in [-0.15, -0.1) is 0 Å². The summed E-state index contributed by atoms with van der Waals surface area (Å²) in [6.07, 6.45) is 3.78. The van der Waals surface area contributed by atoms with Gasteiger partial charge >= 0.3 is 11.9 Å². The molecular formula is C29H41NO8. The monoisotopic (exact) mass is 531 g/mol. The third kappa shape index (κ3) is 3.54. The van der Waals surface area contributed by atoms with Gasteiger partial charge in [0.05, 0.1) is 22.7 Å². The van der Waals surface area contributed by atoms with Crippen LogP contribution in [0.3, 0.4) is 0 Å². The van der Waals surface area contributed by atoms with Crippen LogP contribution in [0.1, 0.15) is 89.4 Å². The van der Waals surface area contributed by atoms with Gasteiger partial charge in [0.25, 0.3) is 0 Å². The minimum atomic E-state index is -1.81. The molecule has 1 aromatic rings. The lowest BCUT2D eigenvalue weighted by molar-refractivity contribution is -0.341. The molecule has 0 aliphatic heterocycles. The largest absolute Gasteiger partial charge is 0.462 e. The number of carbonyl (C=O) groups is 2. The van der Waals surface area contributed by atoms with Crippen LogP contribution in [0.4, 0.5) is 0 Å². The number of hydrogen-bond donors (Lipinski definition) is 4. The Morgan fingerprint density at radius 2 is 1.82 bits per heavy atom. The topological polar surface area (TPSA) is 146 Å².